The number of carbonyl (C=O) groups is 2. The predicted octanol–water partition coefficient (Wildman–Crippen LogP) is 2.74. The molecule has 3 rings (SSSR count). The Morgan fingerprint density at radius 3 is 2.71 bits per heavy atom. The molecule has 0 bridgehead atoms. The Balaban J connectivity index is 1.57. The highest BCUT2D eigenvalue weighted by molar-refractivity contribution is 7.17. The first-order valence-electron chi connectivity index (χ1n) is 7.97. The zero-order valence-corrected chi connectivity index (χ0v) is 14.4. The van der Waals surface area contributed by atoms with E-state index in [0.717, 1.165) is 37.2 Å². The predicted molar refractivity (Wildman–Crippen MR) is 95.5 cm³/mol. The minimum absolute atomic E-state index is 0.0860. The van der Waals surface area contributed by atoms with Crippen molar-refractivity contribution >= 4 is 34.0 Å². The molecule has 6 nitrogen and oxygen atoms in total. The van der Waals surface area contributed by atoms with Gasteiger partial charge in [-0.25, -0.2) is 4.98 Å². The standard InChI is InChI=1S/C17H20N4O2S/c1-12-6-2-3-7-13(12)19-16(23)14-10-18-17(24-14)20-15(22)11-21-8-4-5-9-21/h2-3,6-7,10H,4-5,8-9,11H2,1H3,(H,19,23)(H,18,20,22). The molecule has 1 aromatic heterocycles. The number of likely N-dealkylation sites (tertiary alicyclic amines) is 1. The first-order valence-corrected chi connectivity index (χ1v) is 8.78. The Morgan fingerprint density at radius 1 is 1.21 bits per heavy atom. The van der Waals surface area contributed by atoms with Gasteiger partial charge < -0.3 is 10.6 Å². The summed E-state index contributed by atoms with van der Waals surface area (Å²) < 4.78 is 0. The number of carbonyl (C=O) groups excluding carboxylic acids is 2. The smallest absolute Gasteiger partial charge is 0.267 e. The van der Waals surface area contributed by atoms with Crippen molar-refractivity contribution in [3.8, 4) is 0 Å². The van der Waals surface area contributed by atoms with Gasteiger partial charge in [0.25, 0.3) is 5.91 Å². The zero-order chi connectivity index (χ0) is 16.9. The Morgan fingerprint density at radius 2 is 1.96 bits per heavy atom. The number of nitrogens with one attached hydrogen (secondary N) is 2. The van der Waals surface area contributed by atoms with Crippen molar-refractivity contribution in [2.45, 2.75) is 19.8 Å². The fraction of sp³-hybridized carbons (Fsp3) is 0.353. The molecule has 0 atom stereocenters. The number of aromatic nitrogens is 1. The van der Waals surface area contributed by atoms with E-state index in [9.17, 15) is 9.59 Å². The summed E-state index contributed by atoms with van der Waals surface area (Å²) in [5.74, 6) is -0.307. The van der Waals surface area contributed by atoms with E-state index in [-0.39, 0.29) is 11.8 Å². The average Bonchev–Trinajstić information content (AvgIpc) is 3.21. The summed E-state index contributed by atoms with van der Waals surface area (Å²) in [4.78, 5) is 31.0. The third kappa shape index (κ3) is 4.18. The van der Waals surface area contributed by atoms with Gasteiger partial charge in [-0.05, 0) is 44.5 Å². The third-order valence-corrected chi connectivity index (χ3v) is 4.85. The van der Waals surface area contributed by atoms with Crippen molar-refractivity contribution < 1.29 is 9.59 Å². The van der Waals surface area contributed by atoms with Gasteiger partial charge in [-0.2, -0.15) is 0 Å². The molecular formula is C17H20N4O2S. The molecule has 0 saturated carbocycles. The van der Waals surface area contributed by atoms with Crippen molar-refractivity contribution in [2.24, 2.45) is 0 Å². The average molecular weight is 344 g/mol. The topological polar surface area (TPSA) is 74.3 Å². The second-order valence-electron chi connectivity index (χ2n) is 5.83. The van der Waals surface area contributed by atoms with E-state index in [1.807, 2.05) is 31.2 Å². The highest BCUT2D eigenvalue weighted by Gasteiger charge is 2.17. The van der Waals surface area contributed by atoms with Crippen LogP contribution in [0.5, 0.6) is 0 Å². The van der Waals surface area contributed by atoms with Crippen LogP contribution in [0.15, 0.2) is 30.5 Å². The second-order valence-corrected chi connectivity index (χ2v) is 6.86. The van der Waals surface area contributed by atoms with Crippen molar-refractivity contribution in [3.63, 3.8) is 0 Å². The molecule has 2 heterocycles. The van der Waals surface area contributed by atoms with E-state index in [4.69, 9.17) is 0 Å². The molecule has 1 aliphatic rings. The Labute approximate surface area is 144 Å². The summed E-state index contributed by atoms with van der Waals surface area (Å²) >= 11 is 1.18. The van der Waals surface area contributed by atoms with Crippen molar-refractivity contribution in [2.75, 3.05) is 30.3 Å². The number of amides is 2. The molecule has 2 aromatic rings. The van der Waals surface area contributed by atoms with E-state index in [1.165, 1.54) is 17.5 Å². The van der Waals surface area contributed by atoms with Gasteiger partial charge in [-0.1, -0.05) is 29.5 Å². The molecule has 126 valence electrons. The van der Waals surface area contributed by atoms with Gasteiger partial charge in [0.2, 0.25) is 5.91 Å². The van der Waals surface area contributed by atoms with Crippen LogP contribution in [-0.2, 0) is 4.79 Å². The largest absolute Gasteiger partial charge is 0.321 e. The van der Waals surface area contributed by atoms with Gasteiger partial charge >= 0.3 is 0 Å². The molecule has 1 fully saturated rings. The summed E-state index contributed by atoms with van der Waals surface area (Å²) in [6.07, 6.45) is 3.78. The molecular weight excluding hydrogens is 324 g/mol. The highest BCUT2D eigenvalue weighted by atomic mass is 32.1. The summed E-state index contributed by atoms with van der Waals surface area (Å²) in [5, 5.41) is 6.08. The summed E-state index contributed by atoms with van der Waals surface area (Å²) in [6.45, 7) is 4.25. The fourth-order valence-electron chi connectivity index (χ4n) is 2.64. The van der Waals surface area contributed by atoms with Crippen LogP contribution < -0.4 is 10.6 Å². The van der Waals surface area contributed by atoms with Gasteiger partial charge in [0, 0.05) is 5.69 Å². The molecule has 1 aliphatic heterocycles. The maximum Gasteiger partial charge on any atom is 0.267 e. The van der Waals surface area contributed by atoms with E-state index in [1.54, 1.807) is 0 Å². The van der Waals surface area contributed by atoms with E-state index in [2.05, 4.69) is 20.5 Å². The van der Waals surface area contributed by atoms with Gasteiger partial charge in [-0.3, -0.25) is 14.5 Å². The van der Waals surface area contributed by atoms with Crippen LogP contribution in [0.2, 0.25) is 0 Å². The van der Waals surface area contributed by atoms with Gasteiger partial charge in [0.1, 0.15) is 4.88 Å². The SMILES string of the molecule is Cc1ccccc1NC(=O)c1cnc(NC(=O)CN2CCCC2)s1. The molecule has 0 spiro atoms. The van der Waals surface area contributed by atoms with Gasteiger partial charge in [-0.15, -0.1) is 0 Å². The van der Waals surface area contributed by atoms with Crippen LogP contribution in [0.3, 0.4) is 0 Å². The normalized spacial score (nSPS) is 14.5. The van der Waals surface area contributed by atoms with Crippen LogP contribution in [-0.4, -0.2) is 41.3 Å². The maximum atomic E-state index is 12.3. The summed E-state index contributed by atoms with van der Waals surface area (Å²) in [5.41, 5.74) is 1.77. The van der Waals surface area contributed by atoms with Gasteiger partial charge in [0.15, 0.2) is 5.13 Å². The van der Waals surface area contributed by atoms with Crippen molar-refractivity contribution in [1.29, 1.82) is 0 Å². The Kier molecular flexibility index (Phi) is 5.22. The zero-order valence-electron chi connectivity index (χ0n) is 13.5. The van der Waals surface area contributed by atoms with Crippen LogP contribution in [0.4, 0.5) is 10.8 Å². The number of anilines is 2. The molecule has 7 heteroatoms. The summed E-state index contributed by atoms with van der Waals surface area (Å²) in [6, 6.07) is 7.59. The quantitative estimate of drug-likeness (QED) is 0.875. The van der Waals surface area contributed by atoms with E-state index in [0.29, 0.717) is 16.6 Å². The monoisotopic (exact) mass is 344 g/mol. The summed E-state index contributed by atoms with van der Waals surface area (Å²) in [7, 11) is 0. The molecule has 0 aliphatic carbocycles. The molecule has 2 amide bonds. The molecule has 1 aromatic carbocycles. The Bertz CT molecular complexity index is 738. The fourth-order valence-corrected chi connectivity index (χ4v) is 3.36. The van der Waals surface area contributed by atoms with Crippen LogP contribution in [0.1, 0.15) is 28.1 Å². The number of benzene rings is 1. The number of aryl methyl sites for hydroxylation is 1. The van der Waals surface area contributed by atoms with E-state index >= 15 is 0 Å². The minimum atomic E-state index is -0.221. The highest BCUT2D eigenvalue weighted by Crippen LogP contribution is 2.21. The number of nitrogens with zero attached hydrogens (tertiary/aromatic N) is 2. The third-order valence-electron chi connectivity index (χ3n) is 3.93. The maximum absolute atomic E-state index is 12.3. The second kappa shape index (κ2) is 7.55. The molecule has 2 N–H and O–H groups in total. The lowest BCUT2D eigenvalue weighted by Gasteiger charge is -2.12. The molecule has 1 saturated heterocycles. The van der Waals surface area contributed by atoms with Crippen LogP contribution >= 0.6 is 11.3 Å². The number of para-hydroxylation sites is 1. The first-order chi connectivity index (χ1) is 11.6. The number of hydrogen-bond acceptors (Lipinski definition) is 5. The van der Waals surface area contributed by atoms with Crippen LogP contribution in [0, 0.1) is 6.92 Å². The van der Waals surface area contributed by atoms with Gasteiger partial charge in [0.05, 0.1) is 12.7 Å². The Hall–Kier alpha value is -2.25. The lowest BCUT2D eigenvalue weighted by Crippen LogP contribution is -2.30. The minimum Gasteiger partial charge on any atom is -0.321 e. The van der Waals surface area contributed by atoms with Crippen molar-refractivity contribution in [3.05, 3.63) is 40.9 Å². The molecule has 24 heavy (non-hydrogen) atoms. The van der Waals surface area contributed by atoms with E-state index < -0.39 is 0 Å². The molecule has 0 radical (unpaired) electrons. The number of rotatable bonds is 5. The number of hydrogen-bond donors (Lipinski definition) is 2. The lowest BCUT2D eigenvalue weighted by molar-refractivity contribution is -0.117. The molecule has 0 unspecified atom stereocenters. The number of thiazole rings is 1. The van der Waals surface area contributed by atoms with Crippen molar-refractivity contribution in [1.82, 2.24) is 9.88 Å². The first kappa shape index (κ1) is 16.6. The van der Waals surface area contributed by atoms with Crippen LogP contribution in [0.25, 0.3) is 0 Å². The lowest BCUT2D eigenvalue weighted by atomic mass is 10.2.